The van der Waals surface area contributed by atoms with Gasteiger partial charge < -0.3 is 9.80 Å². The van der Waals surface area contributed by atoms with Crippen molar-refractivity contribution in [3.63, 3.8) is 0 Å². The van der Waals surface area contributed by atoms with Crippen LogP contribution in [0.3, 0.4) is 0 Å². The van der Waals surface area contributed by atoms with E-state index in [1.165, 1.54) is 31.0 Å². The van der Waals surface area contributed by atoms with Crippen LogP contribution in [0.5, 0.6) is 0 Å². The van der Waals surface area contributed by atoms with Crippen molar-refractivity contribution in [2.45, 2.75) is 36.6 Å². The summed E-state index contributed by atoms with van der Waals surface area (Å²) in [7, 11) is -3.95. The molecule has 2 heterocycles. The Balaban J connectivity index is 1.51. The van der Waals surface area contributed by atoms with E-state index >= 15 is 0 Å². The molecule has 1 N–H and O–H groups in total. The number of carbonyl (C=O) groups excluding carboxylic acids is 1. The van der Waals surface area contributed by atoms with Crippen molar-refractivity contribution in [1.29, 1.82) is 0 Å². The smallest absolute Gasteiger partial charge is 0.263 e. The number of halogens is 2. The third-order valence-corrected chi connectivity index (χ3v) is 7.95. The third-order valence-electron chi connectivity index (χ3n) is 5.85. The summed E-state index contributed by atoms with van der Waals surface area (Å²) in [4.78, 5) is 17.5. The molecule has 2 aromatic rings. The van der Waals surface area contributed by atoms with Crippen molar-refractivity contribution < 1.29 is 13.2 Å². The molecule has 2 fully saturated rings. The predicted molar refractivity (Wildman–Crippen MR) is 123 cm³/mol. The molecule has 9 heteroatoms. The van der Waals surface area contributed by atoms with Gasteiger partial charge in [-0.3, -0.25) is 9.52 Å². The number of nitrogens with zero attached hydrogens (tertiary/aromatic N) is 2. The first-order chi connectivity index (χ1) is 14.8. The molecule has 0 aromatic heterocycles. The minimum absolute atomic E-state index is 0.0662. The second-order valence-corrected chi connectivity index (χ2v) is 10.6. The number of sulfonamides is 1. The van der Waals surface area contributed by atoms with Gasteiger partial charge in [-0.1, -0.05) is 29.3 Å². The van der Waals surface area contributed by atoms with E-state index in [-0.39, 0.29) is 26.9 Å². The molecule has 0 aliphatic carbocycles. The molecule has 2 aliphatic heterocycles. The predicted octanol–water partition coefficient (Wildman–Crippen LogP) is 4.49. The van der Waals surface area contributed by atoms with Crippen LogP contribution in [0, 0.1) is 0 Å². The Labute approximate surface area is 193 Å². The molecule has 0 saturated carbocycles. The molecular formula is C22H25Cl2N3O3S. The van der Waals surface area contributed by atoms with Crippen LogP contribution in [-0.4, -0.2) is 56.3 Å². The fourth-order valence-electron chi connectivity index (χ4n) is 4.33. The third kappa shape index (κ3) is 5.17. The molecule has 4 rings (SSSR count). The zero-order valence-corrected chi connectivity index (χ0v) is 19.4. The Bertz CT molecular complexity index is 1070. The zero-order chi connectivity index (χ0) is 22.0. The van der Waals surface area contributed by atoms with E-state index in [0.717, 1.165) is 39.0 Å². The van der Waals surface area contributed by atoms with Gasteiger partial charge in [-0.2, -0.15) is 0 Å². The molecule has 1 unspecified atom stereocenters. The van der Waals surface area contributed by atoms with Gasteiger partial charge in [0, 0.05) is 35.4 Å². The van der Waals surface area contributed by atoms with Gasteiger partial charge >= 0.3 is 0 Å². The lowest BCUT2D eigenvalue weighted by molar-refractivity contribution is 0.0709. The van der Waals surface area contributed by atoms with Crippen molar-refractivity contribution in [3.8, 4) is 0 Å². The molecule has 31 heavy (non-hydrogen) atoms. The SMILES string of the molecule is O=C(c1cccc(NS(=O)(=O)c2cc(Cl)ccc2Cl)c1)N1CCCC1CN1CCCC1. The number of rotatable bonds is 6. The van der Waals surface area contributed by atoms with Crippen LogP contribution in [0.15, 0.2) is 47.4 Å². The van der Waals surface area contributed by atoms with Crippen molar-refractivity contribution in [3.05, 3.63) is 58.1 Å². The first-order valence-electron chi connectivity index (χ1n) is 10.4. The average Bonchev–Trinajstić information content (AvgIpc) is 3.41. The maximum atomic E-state index is 13.2. The molecular weight excluding hydrogens is 457 g/mol. The van der Waals surface area contributed by atoms with Gasteiger partial charge in [0.15, 0.2) is 0 Å². The summed E-state index contributed by atoms with van der Waals surface area (Å²) in [6.07, 6.45) is 4.44. The Morgan fingerprint density at radius 2 is 1.81 bits per heavy atom. The molecule has 2 saturated heterocycles. The van der Waals surface area contributed by atoms with Crippen molar-refractivity contribution in [2.24, 2.45) is 0 Å². The highest BCUT2D eigenvalue weighted by molar-refractivity contribution is 7.92. The maximum Gasteiger partial charge on any atom is 0.263 e. The van der Waals surface area contributed by atoms with Crippen LogP contribution in [0.4, 0.5) is 5.69 Å². The zero-order valence-electron chi connectivity index (χ0n) is 17.1. The van der Waals surface area contributed by atoms with Gasteiger partial charge in [-0.15, -0.1) is 0 Å². The highest BCUT2D eigenvalue weighted by Crippen LogP contribution is 2.28. The average molecular weight is 482 g/mol. The molecule has 6 nitrogen and oxygen atoms in total. The van der Waals surface area contributed by atoms with E-state index in [2.05, 4.69) is 9.62 Å². The van der Waals surface area contributed by atoms with Crippen molar-refractivity contribution in [2.75, 3.05) is 30.9 Å². The minimum Gasteiger partial charge on any atom is -0.334 e. The number of hydrogen-bond donors (Lipinski definition) is 1. The van der Waals surface area contributed by atoms with Gasteiger partial charge in [0.05, 0.1) is 5.02 Å². The molecule has 0 bridgehead atoms. The number of anilines is 1. The topological polar surface area (TPSA) is 69.7 Å². The second-order valence-electron chi connectivity index (χ2n) is 8.06. The van der Waals surface area contributed by atoms with Gasteiger partial charge in [0.1, 0.15) is 4.90 Å². The van der Waals surface area contributed by atoms with Crippen molar-refractivity contribution in [1.82, 2.24) is 9.80 Å². The monoisotopic (exact) mass is 481 g/mol. The lowest BCUT2D eigenvalue weighted by atomic mass is 10.1. The van der Waals surface area contributed by atoms with E-state index in [4.69, 9.17) is 23.2 Å². The van der Waals surface area contributed by atoms with Gasteiger partial charge in [-0.25, -0.2) is 8.42 Å². The fraction of sp³-hybridized carbons (Fsp3) is 0.409. The number of benzene rings is 2. The van der Waals surface area contributed by atoms with Crippen molar-refractivity contribution >= 4 is 44.8 Å². The number of hydrogen-bond acceptors (Lipinski definition) is 4. The molecule has 166 valence electrons. The largest absolute Gasteiger partial charge is 0.334 e. The number of nitrogens with one attached hydrogen (secondary N) is 1. The summed E-state index contributed by atoms with van der Waals surface area (Å²) >= 11 is 12.0. The van der Waals surface area contributed by atoms with Gasteiger partial charge in [0.25, 0.3) is 15.9 Å². The molecule has 2 aliphatic rings. The maximum absolute atomic E-state index is 13.2. The summed E-state index contributed by atoms with van der Waals surface area (Å²) < 4.78 is 28.1. The normalized spacial score (nSPS) is 19.7. The summed E-state index contributed by atoms with van der Waals surface area (Å²) in [5.74, 6) is -0.0662. The molecule has 1 atom stereocenters. The second kappa shape index (κ2) is 9.36. The molecule has 0 spiro atoms. The number of carbonyl (C=O) groups is 1. The van der Waals surface area contributed by atoms with Crippen LogP contribution < -0.4 is 4.72 Å². The van der Waals surface area contributed by atoms with E-state index < -0.39 is 10.0 Å². The standard InChI is InChI=1S/C22H25Cl2N3O3S/c23-17-8-9-20(24)21(14-17)31(29,30)25-18-6-3-5-16(13-18)22(28)27-12-4-7-19(27)15-26-10-1-2-11-26/h3,5-6,8-9,13-14,19,25H,1-2,4,7,10-12,15H2. The van der Waals surface area contributed by atoms with E-state index in [1.807, 2.05) is 4.90 Å². The Hall–Kier alpha value is -1.80. The van der Waals surface area contributed by atoms with Gasteiger partial charge in [-0.05, 0) is 75.2 Å². The molecule has 0 radical (unpaired) electrons. The van der Waals surface area contributed by atoms with Gasteiger partial charge in [0.2, 0.25) is 0 Å². The summed E-state index contributed by atoms with van der Waals surface area (Å²) in [6, 6.07) is 11.0. The minimum atomic E-state index is -3.95. The highest BCUT2D eigenvalue weighted by Gasteiger charge is 2.31. The molecule has 2 aromatic carbocycles. The Kier molecular flexibility index (Phi) is 6.77. The van der Waals surface area contributed by atoms with Crippen LogP contribution in [-0.2, 0) is 10.0 Å². The summed E-state index contributed by atoms with van der Waals surface area (Å²) in [5.41, 5.74) is 0.767. The van der Waals surface area contributed by atoms with E-state index in [0.29, 0.717) is 11.3 Å². The summed E-state index contributed by atoms with van der Waals surface area (Å²) in [6.45, 7) is 3.83. The van der Waals surface area contributed by atoms with Crippen LogP contribution in [0.1, 0.15) is 36.0 Å². The summed E-state index contributed by atoms with van der Waals surface area (Å²) in [5, 5.41) is 0.345. The number of likely N-dealkylation sites (tertiary alicyclic amines) is 2. The lowest BCUT2D eigenvalue weighted by Gasteiger charge is -2.28. The molecule has 1 amide bonds. The van der Waals surface area contributed by atoms with Crippen LogP contribution in [0.2, 0.25) is 10.0 Å². The number of amides is 1. The van der Waals surface area contributed by atoms with Crippen LogP contribution >= 0.6 is 23.2 Å². The Morgan fingerprint density at radius 3 is 2.58 bits per heavy atom. The quantitative estimate of drug-likeness (QED) is 0.659. The van der Waals surface area contributed by atoms with E-state index in [1.54, 1.807) is 24.3 Å². The van der Waals surface area contributed by atoms with Crippen LogP contribution in [0.25, 0.3) is 0 Å². The Morgan fingerprint density at radius 1 is 1.03 bits per heavy atom. The first kappa shape index (κ1) is 22.4. The lowest BCUT2D eigenvalue weighted by Crippen LogP contribution is -2.42. The fourth-order valence-corrected chi connectivity index (χ4v) is 6.14. The highest BCUT2D eigenvalue weighted by atomic mass is 35.5. The van der Waals surface area contributed by atoms with E-state index in [9.17, 15) is 13.2 Å². The first-order valence-corrected chi connectivity index (χ1v) is 12.7.